The van der Waals surface area contributed by atoms with Crippen molar-refractivity contribution in [3.63, 3.8) is 0 Å². The average Bonchev–Trinajstić information content (AvgIpc) is 3.06. The van der Waals surface area contributed by atoms with Crippen LogP contribution < -0.4 is 5.73 Å². The molecule has 0 spiro atoms. The highest BCUT2D eigenvalue weighted by molar-refractivity contribution is 7.13. The number of anilines is 1. The lowest BCUT2D eigenvalue weighted by Gasteiger charge is -2.08. The van der Waals surface area contributed by atoms with Crippen LogP contribution in [0.25, 0.3) is 21.8 Å². The van der Waals surface area contributed by atoms with Crippen molar-refractivity contribution in [1.29, 1.82) is 0 Å². The molecule has 0 fully saturated rings. The molecule has 2 N–H and O–H groups in total. The van der Waals surface area contributed by atoms with Gasteiger partial charge >= 0.3 is 6.18 Å². The van der Waals surface area contributed by atoms with Crippen LogP contribution >= 0.6 is 11.3 Å². The van der Waals surface area contributed by atoms with E-state index >= 15 is 0 Å². The van der Waals surface area contributed by atoms with E-state index in [0.717, 1.165) is 17.0 Å². The second-order valence-corrected chi connectivity index (χ2v) is 5.28. The molecular weight excluding hydrogens is 301 g/mol. The van der Waals surface area contributed by atoms with E-state index in [0.29, 0.717) is 16.9 Å². The summed E-state index contributed by atoms with van der Waals surface area (Å²) in [6.07, 6.45) is -4.41. The molecule has 0 saturated heterocycles. The Morgan fingerprint density at radius 1 is 1.14 bits per heavy atom. The van der Waals surface area contributed by atoms with E-state index in [-0.39, 0.29) is 5.82 Å². The summed E-state index contributed by atoms with van der Waals surface area (Å²) < 4.78 is 43.6. The Bertz CT molecular complexity index is 763. The monoisotopic (exact) mass is 310 g/mol. The first kappa shape index (κ1) is 13.7. The highest BCUT2D eigenvalue weighted by atomic mass is 32.1. The third-order valence-electron chi connectivity index (χ3n) is 2.94. The standard InChI is InChI=1S/C14H9F3N2OS/c15-14(16,17)9-4-1-3-8(7-9)11-12(20-19-13(11)18)10-5-2-6-21-10/h1-7H,(H2,18,19). The van der Waals surface area contributed by atoms with Crippen LogP contribution in [0.2, 0.25) is 0 Å². The van der Waals surface area contributed by atoms with Crippen LogP contribution in [0.4, 0.5) is 19.0 Å². The zero-order chi connectivity index (χ0) is 15.0. The Kier molecular flexibility index (Phi) is 3.21. The van der Waals surface area contributed by atoms with E-state index in [1.165, 1.54) is 17.4 Å². The van der Waals surface area contributed by atoms with Gasteiger partial charge in [-0.2, -0.15) is 13.2 Å². The minimum Gasteiger partial charge on any atom is -0.380 e. The Balaban J connectivity index is 2.16. The lowest BCUT2D eigenvalue weighted by Crippen LogP contribution is -2.04. The van der Waals surface area contributed by atoms with Gasteiger partial charge in [-0.25, -0.2) is 0 Å². The van der Waals surface area contributed by atoms with Gasteiger partial charge < -0.3 is 10.3 Å². The van der Waals surface area contributed by atoms with E-state index in [1.807, 2.05) is 11.4 Å². The fraction of sp³-hybridized carbons (Fsp3) is 0.0714. The van der Waals surface area contributed by atoms with Crippen LogP contribution in [0, 0.1) is 0 Å². The topological polar surface area (TPSA) is 52.0 Å². The maximum absolute atomic E-state index is 12.8. The van der Waals surface area contributed by atoms with Gasteiger partial charge in [0.2, 0.25) is 0 Å². The Hall–Kier alpha value is -2.28. The molecule has 0 bridgehead atoms. The van der Waals surface area contributed by atoms with Crippen LogP contribution in [0.3, 0.4) is 0 Å². The lowest BCUT2D eigenvalue weighted by molar-refractivity contribution is -0.137. The molecule has 0 amide bonds. The second-order valence-electron chi connectivity index (χ2n) is 4.33. The summed E-state index contributed by atoms with van der Waals surface area (Å²) >= 11 is 1.40. The second kappa shape index (κ2) is 4.92. The molecule has 0 unspecified atom stereocenters. The third-order valence-corrected chi connectivity index (χ3v) is 3.81. The summed E-state index contributed by atoms with van der Waals surface area (Å²) in [5.74, 6) is 0.444. The van der Waals surface area contributed by atoms with Gasteiger partial charge in [0.25, 0.3) is 0 Å². The van der Waals surface area contributed by atoms with E-state index in [2.05, 4.69) is 5.16 Å². The fourth-order valence-electron chi connectivity index (χ4n) is 2.01. The molecule has 0 saturated carbocycles. The van der Waals surface area contributed by atoms with Crippen molar-refractivity contribution in [1.82, 2.24) is 5.16 Å². The Labute approximate surface area is 121 Å². The van der Waals surface area contributed by atoms with Crippen molar-refractivity contribution in [2.75, 3.05) is 5.73 Å². The molecule has 3 rings (SSSR count). The number of nitrogen functional groups attached to an aromatic ring is 1. The summed E-state index contributed by atoms with van der Waals surface area (Å²) in [6.45, 7) is 0. The number of nitrogens with zero attached hydrogens (tertiary/aromatic N) is 1. The number of thiophene rings is 1. The van der Waals surface area contributed by atoms with E-state index in [9.17, 15) is 13.2 Å². The number of benzene rings is 1. The van der Waals surface area contributed by atoms with E-state index in [1.54, 1.807) is 12.1 Å². The summed E-state index contributed by atoms with van der Waals surface area (Å²) in [4.78, 5) is 0.756. The average molecular weight is 310 g/mol. The molecule has 0 atom stereocenters. The number of rotatable bonds is 2. The largest absolute Gasteiger partial charge is 0.416 e. The summed E-state index contributed by atoms with van der Waals surface area (Å²) in [7, 11) is 0. The number of halogens is 3. The molecule has 7 heteroatoms. The number of alkyl halides is 3. The predicted octanol–water partition coefficient (Wildman–Crippen LogP) is 4.67. The van der Waals surface area contributed by atoms with Gasteiger partial charge in [0.05, 0.1) is 16.0 Å². The van der Waals surface area contributed by atoms with Gasteiger partial charge in [0.1, 0.15) is 0 Å². The zero-order valence-corrected chi connectivity index (χ0v) is 11.3. The molecule has 3 nitrogen and oxygen atoms in total. The molecular formula is C14H9F3N2OS. The molecule has 1 aromatic carbocycles. The normalized spacial score (nSPS) is 11.8. The SMILES string of the molecule is Nc1noc(-c2cccs2)c1-c1cccc(C(F)(F)F)c1. The van der Waals surface area contributed by atoms with Crippen LogP contribution in [0.1, 0.15) is 5.56 Å². The molecule has 0 radical (unpaired) electrons. The summed E-state index contributed by atoms with van der Waals surface area (Å²) in [5, 5.41) is 5.51. The van der Waals surface area contributed by atoms with Crippen molar-refractivity contribution in [2.45, 2.75) is 6.18 Å². The molecule has 0 aliphatic rings. The summed E-state index contributed by atoms with van der Waals surface area (Å²) in [6, 6.07) is 8.55. The first-order valence-corrected chi connectivity index (χ1v) is 6.81. The minimum atomic E-state index is -4.41. The number of hydrogen-bond acceptors (Lipinski definition) is 4. The maximum Gasteiger partial charge on any atom is 0.416 e. The third kappa shape index (κ3) is 2.52. The van der Waals surface area contributed by atoms with E-state index < -0.39 is 11.7 Å². The molecule has 0 aliphatic carbocycles. The number of aromatic nitrogens is 1. The number of nitrogens with two attached hydrogens (primary N) is 1. The van der Waals surface area contributed by atoms with E-state index in [4.69, 9.17) is 10.3 Å². The molecule has 2 heterocycles. The fourth-order valence-corrected chi connectivity index (χ4v) is 2.72. The van der Waals surface area contributed by atoms with Gasteiger partial charge in [-0.1, -0.05) is 23.4 Å². The Morgan fingerprint density at radius 3 is 2.62 bits per heavy atom. The maximum atomic E-state index is 12.8. The van der Waals surface area contributed by atoms with Gasteiger partial charge in [-0.15, -0.1) is 11.3 Å². The van der Waals surface area contributed by atoms with Gasteiger partial charge in [0.15, 0.2) is 11.6 Å². The first-order valence-electron chi connectivity index (χ1n) is 5.93. The predicted molar refractivity (Wildman–Crippen MR) is 74.7 cm³/mol. The van der Waals surface area contributed by atoms with Crippen LogP contribution in [0.5, 0.6) is 0 Å². The van der Waals surface area contributed by atoms with Gasteiger partial charge in [-0.05, 0) is 29.1 Å². The molecule has 108 valence electrons. The Morgan fingerprint density at radius 2 is 1.95 bits per heavy atom. The molecule has 3 aromatic rings. The van der Waals surface area contributed by atoms with Crippen molar-refractivity contribution in [3.8, 4) is 21.8 Å². The first-order chi connectivity index (χ1) is 9.97. The highest BCUT2D eigenvalue weighted by Gasteiger charge is 2.31. The highest BCUT2D eigenvalue weighted by Crippen LogP contribution is 2.40. The summed E-state index contributed by atoms with van der Waals surface area (Å²) in [5.41, 5.74) is 5.72. The van der Waals surface area contributed by atoms with Gasteiger partial charge in [0, 0.05) is 0 Å². The lowest BCUT2D eigenvalue weighted by atomic mass is 10.0. The number of hydrogen-bond donors (Lipinski definition) is 1. The smallest absolute Gasteiger partial charge is 0.380 e. The van der Waals surface area contributed by atoms with Crippen molar-refractivity contribution >= 4 is 17.2 Å². The molecule has 21 heavy (non-hydrogen) atoms. The van der Waals surface area contributed by atoms with Crippen LogP contribution in [0.15, 0.2) is 46.3 Å². The van der Waals surface area contributed by atoms with Crippen molar-refractivity contribution in [2.24, 2.45) is 0 Å². The van der Waals surface area contributed by atoms with Crippen LogP contribution in [-0.2, 0) is 6.18 Å². The van der Waals surface area contributed by atoms with Crippen molar-refractivity contribution < 1.29 is 17.7 Å². The zero-order valence-electron chi connectivity index (χ0n) is 10.5. The van der Waals surface area contributed by atoms with Gasteiger partial charge in [-0.3, -0.25) is 0 Å². The molecule has 0 aliphatic heterocycles. The quantitative estimate of drug-likeness (QED) is 0.748. The van der Waals surface area contributed by atoms with Crippen molar-refractivity contribution in [3.05, 3.63) is 47.3 Å². The van der Waals surface area contributed by atoms with Crippen LogP contribution in [-0.4, -0.2) is 5.16 Å². The minimum absolute atomic E-state index is 0.0673. The molecule has 2 aromatic heterocycles.